The van der Waals surface area contributed by atoms with Crippen LogP contribution in [0.4, 0.5) is 0 Å². The topological polar surface area (TPSA) is 75.5 Å². The van der Waals surface area contributed by atoms with Gasteiger partial charge in [0.05, 0.1) is 5.69 Å². The molecule has 0 aliphatic carbocycles. The first-order valence-corrected chi connectivity index (χ1v) is 6.99. The molecular weight excluding hydrogens is 306 g/mol. The van der Waals surface area contributed by atoms with Crippen molar-refractivity contribution in [1.29, 1.82) is 0 Å². The van der Waals surface area contributed by atoms with E-state index in [0.29, 0.717) is 23.7 Å². The molecule has 22 heavy (non-hydrogen) atoms. The number of aromatic nitrogens is 2. The lowest BCUT2D eigenvalue weighted by Crippen LogP contribution is -2.20. The molecule has 7 heteroatoms. The zero-order valence-corrected chi connectivity index (χ0v) is 13.0. The molecule has 1 N–H and O–H groups in total. The van der Waals surface area contributed by atoms with Crippen molar-refractivity contribution in [3.8, 4) is 17.3 Å². The summed E-state index contributed by atoms with van der Waals surface area (Å²) in [6.07, 6.45) is 1.24. The third-order valence-electron chi connectivity index (χ3n) is 2.90. The summed E-state index contributed by atoms with van der Waals surface area (Å²) >= 11 is 6.13. The van der Waals surface area contributed by atoms with Crippen LogP contribution in [-0.4, -0.2) is 53.2 Å². The van der Waals surface area contributed by atoms with Gasteiger partial charge >= 0.3 is 12.0 Å². The van der Waals surface area contributed by atoms with Crippen LogP contribution < -0.4 is 4.74 Å². The Bertz CT molecular complexity index is 677. The minimum atomic E-state index is -1.12. The molecule has 0 spiro atoms. The van der Waals surface area contributed by atoms with Crippen LogP contribution in [0.5, 0.6) is 6.01 Å². The van der Waals surface area contributed by atoms with E-state index in [1.54, 1.807) is 24.3 Å². The van der Waals surface area contributed by atoms with Gasteiger partial charge in [-0.2, -0.15) is 4.98 Å². The van der Waals surface area contributed by atoms with Gasteiger partial charge in [-0.15, -0.1) is 0 Å². The number of carboxylic acids is 1. The summed E-state index contributed by atoms with van der Waals surface area (Å²) in [5.74, 6) is -1.12. The second-order valence-electron chi connectivity index (χ2n) is 4.85. The number of ether oxygens (including phenoxy) is 1. The fraction of sp³-hybridized carbons (Fsp3) is 0.267. The summed E-state index contributed by atoms with van der Waals surface area (Å²) in [6.45, 7) is 1.10. The SMILES string of the molecule is CN(C)CCOc1ncc(C(=O)O)c(-c2ccccc2Cl)n1. The summed E-state index contributed by atoms with van der Waals surface area (Å²) in [5.41, 5.74) is 0.752. The van der Waals surface area contributed by atoms with Crippen molar-refractivity contribution >= 4 is 17.6 Å². The molecular formula is C15H16ClN3O3. The number of carboxylic acid groups (broad SMARTS) is 1. The van der Waals surface area contributed by atoms with Crippen molar-refractivity contribution in [3.63, 3.8) is 0 Å². The Hall–Kier alpha value is -2.18. The Balaban J connectivity index is 2.37. The van der Waals surface area contributed by atoms with Crippen molar-refractivity contribution in [3.05, 3.63) is 41.0 Å². The van der Waals surface area contributed by atoms with Crippen LogP contribution in [0.3, 0.4) is 0 Å². The zero-order valence-electron chi connectivity index (χ0n) is 12.3. The van der Waals surface area contributed by atoms with Crippen molar-refractivity contribution in [2.45, 2.75) is 0 Å². The highest BCUT2D eigenvalue weighted by atomic mass is 35.5. The van der Waals surface area contributed by atoms with Crippen LogP contribution >= 0.6 is 11.6 Å². The standard InChI is InChI=1S/C15H16ClN3O3/c1-19(2)7-8-22-15-17-9-11(14(20)21)13(18-15)10-5-3-4-6-12(10)16/h3-6,9H,7-8H2,1-2H3,(H,20,21). The minimum Gasteiger partial charge on any atom is -0.478 e. The van der Waals surface area contributed by atoms with Gasteiger partial charge in [0.25, 0.3) is 0 Å². The fourth-order valence-corrected chi connectivity index (χ4v) is 2.00. The number of halogens is 1. The van der Waals surface area contributed by atoms with E-state index >= 15 is 0 Å². The largest absolute Gasteiger partial charge is 0.478 e. The first-order valence-electron chi connectivity index (χ1n) is 6.62. The second-order valence-corrected chi connectivity index (χ2v) is 5.26. The van der Waals surface area contributed by atoms with Gasteiger partial charge in [-0.1, -0.05) is 29.8 Å². The molecule has 0 saturated carbocycles. The first-order chi connectivity index (χ1) is 10.5. The highest BCUT2D eigenvalue weighted by Crippen LogP contribution is 2.29. The Kier molecular flexibility index (Phi) is 5.30. The normalized spacial score (nSPS) is 10.7. The van der Waals surface area contributed by atoms with E-state index in [-0.39, 0.29) is 17.3 Å². The van der Waals surface area contributed by atoms with Crippen LogP contribution in [-0.2, 0) is 0 Å². The molecule has 0 fully saturated rings. The molecule has 0 bridgehead atoms. The smallest absolute Gasteiger partial charge is 0.339 e. The van der Waals surface area contributed by atoms with Crippen LogP contribution in [0, 0.1) is 0 Å². The van der Waals surface area contributed by atoms with E-state index < -0.39 is 5.97 Å². The van der Waals surface area contributed by atoms with E-state index in [1.807, 2.05) is 19.0 Å². The molecule has 0 aliphatic rings. The molecule has 0 aliphatic heterocycles. The van der Waals surface area contributed by atoms with Crippen LogP contribution in [0.1, 0.15) is 10.4 Å². The summed E-state index contributed by atoms with van der Waals surface area (Å²) < 4.78 is 5.45. The van der Waals surface area contributed by atoms with E-state index in [4.69, 9.17) is 16.3 Å². The highest BCUT2D eigenvalue weighted by molar-refractivity contribution is 6.33. The Morgan fingerprint density at radius 1 is 1.36 bits per heavy atom. The first kappa shape index (κ1) is 16.2. The third kappa shape index (κ3) is 3.93. The fourth-order valence-electron chi connectivity index (χ4n) is 1.77. The van der Waals surface area contributed by atoms with Crippen LogP contribution in [0.25, 0.3) is 11.3 Å². The lowest BCUT2D eigenvalue weighted by molar-refractivity contribution is 0.0696. The van der Waals surface area contributed by atoms with Crippen LogP contribution in [0.2, 0.25) is 5.02 Å². The molecule has 0 saturated heterocycles. The molecule has 1 heterocycles. The summed E-state index contributed by atoms with van der Waals surface area (Å²) in [4.78, 5) is 21.5. The predicted octanol–water partition coefficient (Wildman–Crippen LogP) is 2.44. The number of aromatic carboxylic acids is 1. The second kappa shape index (κ2) is 7.20. The zero-order chi connectivity index (χ0) is 16.1. The maximum Gasteiger partial charge on any atom is 0.339 e. The Labute approximate surface area is 133 Å². The number of hydrogen-bond donors (Lipinski definition) is 1. The quantitative estimate of drug-likeness (QED) is 0.880. The van der Waals surface area contributed by atoms with E-state index in [2.05, 4.69) is 9.97 Å². The van der Waals surface area contributed by atoms with Crippen molar-refractivity contribution < 1.29 is 14.6 Å². The van der Waals surface area contributed by atoms with Gasteiger partial charge in [-0.05, 0) is 20.2 Å². The average molecular weight is 322 g/mol. The van der Waals surface area contributed by atoms with Gasteiger partial charge in [-0.25, -0.2) is 9.78 Å². The van der Waals surface area contributed by atoms with Crippen molar-refractivity contribution in [1.82, 2.24) is 14.9 Å². The van der Waals surface area contributed by atoms with Gasteiger partial charge in [0, 0.05) is 23.3 Å². The molecule has 0 atom stereocenters. The average Bonchev–Trinajstić information content (AvgIpc) is 2.47. The summed E-state index contributed by atoms with van der Waals surface area (Å²) in [7, 11) is 3.85. The van der Waals surface area contributed by atoms with Gasteiger partial charge in [-0.3, -0.25) is 0 Å². The van der Waals surface area contributed by atoms with Crippen LogP contribution in [0.15, 0.2) is 30.5 Å². The Morgan fingerprint density at radius 2 is 2.09 bits per heavy atom. The number of carbonyl (C=O) groups is 1. The van der Waals surface area contributed by atoms with Crippen molar-refractivity contribution in [2.75, 3.05) is 27.2 Å². The maximum atomic E-state index is 11.4. The molecule has 0 amide bonds. The van der Waals surface area contributed by atoms with Gasteiger partial charge < -0.3 is 14.7 Å². The van der Waals surface area contributed by atoms with E-state index in [9.17, 15) is 9.90 Å². The van der Waals surface area contributed by atoms with Crippen molar-refractivity contribution in [2.24, 2.45) is 0 Å². The molecule has 2 aromatic rings. The van der Waals surface area contributed by atoms with Gasteiger partial charge in [0.15, 0.2) is 0 Å². The number of rotatable bonds is 6. The third-order valence-corrected chi connectivity index (χ3v) is 3.23. The Morgan fingerprint density at radius 3 is 2.73 bits per heavy atom. The molecule has 116 valence electrons. The highest BCUT2D eigenvalue weighted by Gasteiger charge is 2.17. The van der Waals surface area contributed by atoms with Gasteiger partial charge in [0.1, 0.15) is 12.2 Å². The molecule has 0 radical (unpaired) electrons. The number of benzene rings is 1. The molecule has 0 unspecified atom stereocenters. The summed E-state index contributed by atoms with van der Waals surface area (Å²) in [6, 6.07) is 7.04. The minimum absolute atomic E-state index is 0.0203. The molecule has 6 nitrogen and oxygen atoms in total. The van der Waals surface area contributed by atoms with Gasteiger partial charge in [0.2, 0.25) is 0 Å². The maximum absolute atomic E-state index is 11.4. The lowest BCUT2D eigenvalue weighted by atomic mass is 10.1. The number of likely N-dealkylation sites (N-methyl/N-ethyl adjacent to an activating group) is 1. The van der Waals surface area contributed by atoms with E-state index in [1.165, 1.54) is 6.20 Å². The molecule has 1 aromatic carbocycles. The number of nitrogens with zero attached hydrogens (tertiary/aromatic N) is 3. The van der Waals surface area contributed by atoms with E-state index in [0.717, 1.165) is 0 Å². The predicted molar refractivity (Wildman–Crippen MR) is 83.5 cm³/mol. The monoisotopic (exact) mass is 321 g/mol. The lowest BCUT2D eigenvalue weighted by Gasteiger charge is -2.12. The summed E-state index contributed by atoms with van der Waals surface area (Å²) in [5, 5.41) is 9.71. The molecule has 1 aromatic heterocycles. The molecule has 2 rings (SSSR count). The number of hydrogen-bond acceptors (Lipinski definition) is 5.